The van der Waals surface area contributed by atoms with Gasteiger partial charge in [-0.05, 0) is 48.5 Å². The molecule has 1 aliphatic rings. The van der Waals surface area contributed by atoms with Gasteiger partial charge in [0, 0.05) is 0 Å². The number of carbonyl (C=O) groups excluding carboxylic acids is 2. The number of benzene rings is 2. The van der Waals surface area contributed by atoms with E-state index in [9.17, 15) is 9.59 Å². The summed E-state index contributed by atoms with van der Waals surface area (Å²) in [5, 5.41) is 2.51. The van der Waals surface area contributed by atoms with E-state index in [-0.39, 0.29) is 12.3 Å². The number of carbonyl (C=O) groups is 2. The molecule has 0 atom stereocenters. The summed E-state index contributed by atoms with van der Waals surface area (Å²) in [6.07, 6.45) is -0.104. The Hall–Kier alpha value is -3.48. The number of ether oxygens (including phenoxy) is 2. The highest BCUT2D eigenvalue weighted by molar-refractivity contribution is 6.59. The lowest BCUT2D eigenvalue weighted by Gasteiger charge is -2.16. The molecule has 1 fully saturated rings. The van der Waals surface area contributed by atoms with Gasteiger partial charge in [0.25, 0.3) is 5.91 Å². The lowest BCUT2D eigenvalue weighted by Crippen LogP contribution is -2.47. The van der Waals surface area contributed by atoms with Gasteiger partial charge in [-0.25, -0.2) is 9.98 Å². The van der Waals surface area contributed by atoms with Crippen molar-refractivity contribution in [2.24, 2.45) is 9.98 Å². The van der Waals surface area contributed by atoms with Crippen molar-refractivity contribution in [1.82, 2.24) is 5.32 Å². The standard InChI is InChI=1S/C19H17N3O4/c1-25-14-7-3-12(4-8-14)20-16-11-17(23)19(24)22-18(16)21-13-5-9-15(26-2)10-6-13/h3-10H,11H2,1-2H3,(H,21,22,24). The molecule has 1 heterocycles. The van der Waals surface area contributed by atoms with Crippen LogP contribution in [0.4, 0.5) is 11.4 Å². The number of ketones is 1. The predicted molar refractivity (Wildman–Crippen MR) is 97.9 cm³/mol. The van der Waals surface area contributed by atoms with Crippen LogP contribution in [0.2, 0.25) is 0 Å². The maximum atomic E-state index is 11.8. The van der Waals surface area contributed by atoms with Crippen molar-refractivity contribution >= 4 is 34.6 Å². The molecule has 0 bridgehead atoms. The minimum absolute atomic E-state index is 0.104. The van der Waals surface area contributed by atoms with Crippen LogP contribution in [0.3, 0.4) is 0 Å². The van der Waals surface area contributed by atoms with Crippen LogP contribution in [0.5, 0.6) is 11.5 Å². The number of hydrogen-bond acceptors (Lipinski definition) is 6. The van der Waals surface area contributed by atoms with E-state index in [1.54, 1.807) is 62.8 Å². The summed E-state index contributed by atoms with van der Waals surface area (Å²) in [5.74, 6) is 0.422. The molecule has 1 N–H and O–H groups in total. The number of amides is 1. The van der Waals surface area contributed by atoms with E-state index in [1.807, 2.05) is 0 Å². The zero-order valence-corrected chi connectivity index (χ0v) is 14.4. The number of hydrogen-bond donors (Lipinski definition) is 1. The Morgan fingerprint density at radius 3 is 1.81 bits per heavy atom. The summed E-state index contributed by atoms with van der Waals surface area (Å²) in [6, 6.07) is 14.1. The third kappa shape index (κ3) is 3.94. The molecule has 132 valence electrons. The van der Waals surface area contributed by atoms with E-state index < -0.39 is 11.7 Å². The molecule has 26 heavy (non-hydrogen) atoms. The van der Waals surface area contributed by atoms with Crippen molar-refractivity contribution in [3.63, 3.8) is 0 Å². The number of rotatable bonds is 4. The van der Waals surface area contributed by atoms with E-state index in [4.69, 9.17) is 9.47 Å². The monoisotopic (exact) mass is 351 g/mol. The van der Waals surface area contributed by atoms with Crippen LogP contribution >= 0.6 is 0 Å². The molecule has 1 aliphatic heterocycles. The Labute approximate surface area is 150 Å². The Kier molecular flexibility index (Phi) is 5.07. The van der Waals surface area contributed by atoms with Crippen molar-refractivity contribution in [2.45, 2.75) is 6.42 Å². The maximum Gasteiger partial charge on any atom is 0.293 e. The fourth-order valence-electron chi connectivity index (χ4n) is 2.35. The van der Waals surface area contributed by atoms with Gasteiger partial charge in [0.1, 0.15) is 11.5 Å². The van der Waals surface area contributed by atoms with Gasteiger partial charge < -0.3 is 14.8 Å². The minimum atomic E-state index is -0.689. The molecular weight excluding hydrogens is 334 g/mol. The minimum Gasteiger partial charge on any atom is -0.497 e. The smallest absolute Gasteiger partial charge is 0.293 e. The Morgan fingerprint density at radius 2 is 1.31 bits per heavy atom. The molecule has 7 heteroatoms. The quantitative estimate of drug-likeness (QED) is 0.858. The molecule has 0 aromatic heterocycles. The van der Waals surface area contributed by atoms with E-state index in [2.05, 4.69) is 15.3 Å². The van der Waals surface area contributed by atoms with Crippen molar-refractivity contribution in [3.05, 3.63) is 48.5 Å². The van der Waals surface area contributed by atoms with Crippen molar-refractivity contribution in [1.29, 1.82) is 0 Å². The van der Waals surface area contributed by atoms with E-state index in [0.29, 0.717) is 28.6 Å². The van der Waals surface area contributed by atoms with Crippen molar-refractivity contribution in [3.8, 4) is 11.5 Å². The second-order valence-corrected chi connectivity index (χ2v) is 5.47. The van der Waals surface area contributed by atoms with E-state index >= 15 is 0 Å². The van der Waals surface area contributed by atoms with Crippen molar-refractivity contribution in [2.75, 3.05) is 14.2 Å². The number of piperidine rings is 1. The van der Waals surface area contributed by atoms with Crippen LogP contribution in [0.1, 0.15) is 6.42 Å². The SMILES string of the molecule is COc1ccc(N=C2CC(=O)C(=O)NC2=Nc2ccc(OC)cc2)cc1. The number of methoxy groups -OCH3 is 2. The molecule has 7 nitrogen and oxygen atoms in total. The van der Waals surface area contributed by atoms with Gasteiger partial charge in [-0.2, -0.15) is 0 Å². The van der Waals surface area contributed by atoms with Crippen LogP contribution in [-0.2, 0) is 9.59 Å². The lowest BCUT2D eigenvalue weighted by atomic mass is 10.1. The Morgan fingerprint density at radius 1 is 0.808 bits per heavy atom. The van der Waals surface area contributed by atoms with Crippen LogP contribution in [0, 0.1) is 0 Å². The number of Topliss-reactive ketones (excluding diaryl/α,β-unsaturated/α-hetero) is 1. The second-order valence-electron chi connectivity index (χ2n) is 5.47. The van der Waals surface area contributed by atoms with Crippen LogP contribution in [0.15, 0.2) is 58.5 Å². The lowest BCUT2D eigenvalue weighted by molar-refractivity contribution is -0.136. The second kappa shape index (κ2) is 7.60. The Bertz CT molecular complexity index is 809. The molecule has 2 aromatic rings. The molecule has 2 aromatic carbocycles. The van der Waals surface area contributed by atoms with Gasteiger partial charge in [-0.3, -0.25) is 9.59 Å². The molecule has 1 amide bonds. The molecule has 0 spiro atoms. The highest BCUT2D eigenvalue weighted by Crippen LogP contribution is 2.21. The zero-order valence-electron chi connectivity index (χ0n) is 14.4. The third-order valence-electron chi connectivity index (χ3n) is 3.74. The van der Waals surface area contributed by atoms with Crippen LogP contribution in [-0.4, -0.2) is 37.5 Å². The summed E-state index contributed by atoms with van der Waals surface area (Å²) in [6.45, 7) is 0. The van der Waals surface area contributed by atoms with Gasteiger partial charge in [0.15, 0.2) is 5.84 Å². The van der Waals surface area contributed by atoms with Crippen LogP contribution in [0.25, 0.3) is 0 Å². The van der Waals surface area contributed by atoms with Gasteiger partial charge in [0.05, 0.1) is 37.7 Å². The van der Waals surface area contributed by atoms with Crippen LogP contribution < -0.4 is 14.8 Å². The summed E-state index contributed by atoms with van der Waals surface area (Å²) in [4.78, 5) is 32.4. The van der Waals surface area contributed by atoms with E-state index in [1.165, 1.54) is 0 Å². The van der Waals surface area contributed by atoms with Gasteiger partial charge in [-0.1, -0.05) is 0 Å². The first kappa shape index (κ1) is 17.3. The summed E-state index contributed by atoms with van der Waals surface area (Å²) in [7, 11) is 3.16. The zero-order chi connectivity index (χ0) is 18.5. The summed E-state index contributed by atoms with van der Waals surface area (Å²) < 4.78 is 10.2. The first-order valence-corrected chi connectivity index (χ1v) is 7.88. The number of amidine groups is 1. The number of nitrogens with one attached hydrogen (secondary N) is 1. The van der Waals surface area contributed by atoms with Gasteiger partial charge in [0.2, 0.25) is 5.78 Å². The first-order chi connectivity index (χ1) is 12.6. The average molecular weight is 351 g/mol. The van der Waals surface area contributed by atoms with Gasteiger partial charge >= 0.3 is 0 Å². The fraction of sp³-hybridized carbons (Fsp3) is 0.158. The molecule has 0 radical (unpaired) electrons. The molecule has 0 aliphatic carbocycles. The highest BCUT2D eigenvalue weighted by atomic mass is 16.5. The molecule has 0 unspecified atom stereocenters. The number of nitrogens with zero attached hydrogens (tertiary/aromatic N) is 2. The van der Waals surface area contributed by atoms with E-state index in [0.717, 1.165) is 0 Å². The third-order valence-corrected chi connectivity index (χ3v) is 3.74. The largest absolute Gasteiger partial charge is 0.497 e. The fourth-order valence-corrected chi connectivity index (χ4v) is 2.35. The maximum absolute atomic E-state index is 11.8. The highest BCUT2D eigenvalue weighted by Gasteiger charge is 2.28. The summed E-state index contributed by atoms with van der Waals surface area (Å²) in [5.41, 5.74) is 1.64. The summed E-state index contributed by atoms with van der Waals surface area (Å²) >= 11 is 0. The first-order valence-electron chi connectivity index (χ1n) is 7.88. The van der Waals surface area contributed by atoms with Crippen molar-refractivity contribution < 1.29 is 19.1 Å². The molecular formula is C19H17N3O4. The topological polar surface area (TPSA) is 89.3 Å². The molecule has 3 rings (SSSR count). The molecule has 0 saturated carbocycles. The molecule has 1 saturated heterocycles. The predicted octanol–water partition coefficient (Wildman–Crippen LogP) is 2.60. The normalized spacial score (nSPS) is 17.3. The average Bonchev–Trinajstić information content (AvgIpc) is 2.67. The Balaban J connectivity index is 1.95. The number of aliphatic imine (C=N–C) groups is 2. The van der Waals surface area contributed by atoms with Gasteiger partial charge in [-0.15, -0.1) is 0 Å².